The van der Waals surface area contributed by atoms with E-state index in [-0.39, 0.29) is 12.5 Å². The van der Waals surface area contributed by atoms with E-state index in [1.165, 1.54) is 0 Å². The Labute approximate surface area is 110 Å². The molecule has 2 heterocycles. The van der Waals surface area contributed by atoms with E-state index in [4.69, 9.17) is 9.47 Å². The highest BCUT2D eigenvalue weighted by Gasteiger charge is 2.16. The van der Waals surface area contributed by atoms with Gasteiger partial charge in [0, 0.05) is 37.1 Å². The van der Waals surface area contributed by atoms with Gasteiger partial charge in [0.05, 0.1) is 6.54 Å². The molecular weight excluding hydrogens is 246 g/mol. The minimum Gasteiger partial charge on any atom is -0.507 e. The SMILES string of the molecule is Oc1cc2c(cc1CNCCn1cccn1)OCO2. The molecule has 0 amide bonds. The van der Waals surface area contributed by atoms with E-state index in [1.807, 2.05) is 16.9 Å². The molecule has 0 bridgehead atoms. The first-order valence-corrected chi connectivity index (χ1v) is 6.12. The van der Waals surface area contributed by atoms with Crippen molar-refractivity contribution in [1.29, 1.82) is 0 Å². The molecule has 0 atom stereocenters. The Morgan fingerprint density at radius 1 is 1.32 bits per heavy atom. The Bertz CT molecular complexity index is 555. The van der Waals surface area contributed by atoms with Gasteiger partial charge in [0.1, 0.15) is 5.75 Å². The standard InChI is InChI=1S/C13H15N3O3/c17-11-7-13-12(18-9-19-13)6-10(11)8-14-3-5-16-4-1-2-15-16/h1-2,4,6-7,14,17H,3,5,8-9H2. The monoisotopic (exact) mass is 261 g/mol. The molecule has 19 heavy (non-hydrogen) atoms. The van der Waals surface area contributed by atoms with E-state index in [9.17, 15) is 5.11 Å². The molecule has 6 nitrogen and oxygen atoms in total. The predicted octanol–water partition coefficient (Wildman–Crippen LogP) is 1.11. The quantitative estimate of drug-likeness (QED) is 0.789. The van der Waals surface area contributed by atoms with Gasteiger partial charge in [-0.25, -0.2) is 0 Å². The van der Waals surface area contributed by atoms with Gasteiger partial charge in [-0.2, -0.15) is 5.10 Å². The van der Waals surface area contributed by atoms with Crippen molar-refractivity contribution in [2.75, 3.05) is 13.3 Å². The molecule has 100 valence electrons. The second-order valence-corrected chi connectivity index (χ2v) is 4.28. The second-order valence-electron chi connectivity index (χ2n) is 4.28. The number of phenolic OH excluding ortho intramolecular Hbond substituents is 1. The van der Waals surface area contributed by atoms with Crippen molar-refractivity contribution in [2.45, 2.75) is 13.1 Å². The van der Waals surface area contributed by atoms with E-state index in [1.54, 1.807) is 18.3 Å². The zero-order valence-electron chi connectivity index (χ0n) is 10.4. The van der Waals surface area contributed by atoms with Crippen molar-refractivity contribution in [1.82, 2.24) is 15.1 Å². The van der Waals surface area contributed by atoms with Crippen LogP contribution in [0.15, 0.2) is 30.6 Å². The zero-order valence-corrected chi connectivity index (χ0v) is 10.4. The zero-order chi connectivity index (χ0) is 13.1. The van der Waals surface area contributed by atoms with Gasteiger partial charge >= 0.3 is 0 Å². The third-order valence-corrected chi connectivity index (χ3v) is 2.97. The van der Waals surface area contributed by atoms with Gasteiger partial charge < -0.3 is 19.9 Å². The maximum absolute atomic E-state index is 9.86. The molecule has 0 radical (unpaired) electrons. The molecular formula is C13H15N3O3. The number of nitrogens with one attached hydrogen (secondary N) is 1. The molecule has 1 aliphatic rings. The fourth-order valence-corrected chi connectivity index (χ4v) is 1.96. The third kappa shape index (κ3) is 2.63. The maximum atomic E-state index is 9.86. The number of hydrogen-bond donors (Lipinski definition) is 2. The smallest absolute Gasteiger partial charge is 0.231 e. The third-order valence-electron chi connectivity index (χ3n) is 2.97. The molecule has 0 saturated heterocycles. The molecule has 3 rings (SSSR count). The molecule has 0 unspecified atom stereocenters. The Morgan fingerprint density at radius 3 is 2.95 bits per heavy atom. The maximum Gasteiger partial charge on any atom is 0.231 e. The molecule has 0 saturated carbocycles. The summed E-state index contributed by atoms with van der Waals surface area (Å²) >= 11 is 0. The van der Waals surface area contributed by atoms with Crippen LogP contribution in [0.1, 0.15) is 5.56 Å². The molecule has 1 aromatic heterocycles. The van der Waals surface area contributed by atoms with Gasteiger partial charge in [-0.15, -0.1) is 0 Å². The number of aromatic hydroxyl groups is 1. The molecule has 2 aromatic rings. The number of ether oxygens (including phenoxy) is 2. The lowest BCUT2D eigenvalue weighted by Crippen LogP contribution is -2.19. The number of benzene rings is 1. The van der Waals surface area contributed by atoms with Gasteiger partial charge in [0.25, 0.3) is 0 Å². The Morgan fingerprint density at radius 2 is 2.16 bits per heavy atom. The summed E-state index contributed by atoms with van der Waals surface area (Å²) < 4.78 is 12.3. The van der Waals surface area contributed by atoms with Crippen molar-refractivity contribution in [3.8, 4) is 17.2 Å². The fraction of sp³-hybridized carbons (Fsp3) is 0.308. The van der Waals surface area contributed by atoms with Crippen LogP contribution in [0.5, 0.6) is 17.2 Å². The van der Waals surface area contributed by atoms with Crippen molar-refractivity contribution in [3.63, 3.8) is 0 Å². The summed E-state index contributed by atoms with van der Waals surface area (Å²) in [5.74, 6) is 1.50. The van der Waals surface area contributed by atoms with Crippen LogP contribution in [-0.4, -0.2) is 28.2 Å². The Kier molecular flexibility index (Phi) is 3.24. The van der Waals surface area contributed by atoms with Crippen LogP contribution in [0.3, 0.4) is 0 Å². The summed E-state index contributed by atoms with van der Waals surface area (Å²) in [6, 6.07) is 5.29. The molecule has 2 N–H and O–H groups in total. The Hall–Kier alpha value is -2.21. The van der Waals surface area contributed by atoms with E-state index >= 15 is 0 Å². The first-order valence-electron chi connectivity index (χ1n) is 6.12. The number of nitrogens with zero attached hydrogens (tertiary/aromatic N) is 2. The minimum atomic E-state index is 0.213. The largest absolute Gasteiger partial charge is 0.507 e. The fourth-order valence-electron chi connectivity index (χ4n) is 1.96. The van der Waals surface area contributed by atoms with Crippen LogP contribution < -0.4 is 14.8 Å². The average molecular weight is 261 g/mol. The number of aromatic nitrogens is 2. The lowest BCUT2D eigenvalue weighted by Gasteiger charge is -2.08. The molecule has 0 fully saturated rings. The topological polar surface area (TPSA) is 68.5 Å². The molecule has 1 aliphatic heterocycles. The van der Waals surface area contributed by atoms with Crippen molar-refractivity contribution in [3.05, 3.63) is 36.2 Å². The van der Waals surface area contributed by atoms with E-state index < -0.39 is 0 Å². The van der Waals surface area contributed by atoms with Gasteiger partial charge in [0.15, 0.2) is 11.5 Å². The van der Waals surface area contributed by atoms with E-state index in [0.717, 1.165) is 18.7 Å². The first-order chi connectivity index (χ1) is 9.33. The number of rotatable bonds is 5. The first kappa shape index (κ1) is 11.9. The molecule has 0 spiro atoms. The van der Waals surface area contributed by atoms with E-state index in [2.05, 4.69) is 10.4 Å². The summed E-state index contributed by atoms with van der Waals surface area (Å²) in [5.41, 5.74) is 0.796. The predicted molar refractivity (Wildman–Crippen MR) is 68.2 cm³/mol. The van der Waals surface area contributed by atoms with Crippen LogP contribution in [0.2, 0.25) is 0 Å². The van der Waals surface area contributed by atoms with Gasteiger partial charge in [-0.05, 0) is 12.1 Å². The Balaban J connectivity index is 1.55. The number of hydrogen-bond acceptors (Lipinski definition) is 5. The molecule has 1 aromatic carbocycles. The van der Waals surface area contributed by atoms with Crippen molar-refractivity contribution < 1.29 is 14.6 Å². The molecule has 6 heteroatoms. The summed E-state index contributed by atoms with van der Waals surface area (Å²) in [7, 11) is 0. The second kappa shape index (κ2) is 5.19. The van der Waals surface area contributed by atoms with Crippen LogP contribution >= 0.6 is 0 Å². The summed E-state index contributed by atoms with van der Waals surface area (Å²) in [6.07, 6.45) is 3.67. The highest BCUT2D eigenvalue weighted by molar-refractivity contribution is 5.51. The van der Waals surface area contributed by atoms with Crippen LogP contribution in [0.4, 0.5) is 0 Å². The van der Waals surface area contributed by atoms with Crippen LogP contribution in [-0.2, 0) is 13.1 Å². The number of fused-ring (bicyclic) bond motifs is 1. The van der Waals surface area contributed by atoms with E-state index in [0.29, 0.717) is 18.0 Å². The van der Waals surface area contributed by atoms with Crippen LogP contribution in [0, 0.1) is 0 Å². The minimum absolute atomic E-state index is 0.213. The lowest BCUT2D eigenvalue weighted by atomic mass is 10.1. The van der Waals surface area contributed by atoms with Crippen molar-refractivity contribution in [2.24, 2.45) is 0 Å². The summed E-state index contributed by atoms with van der Waals surface area (Å²) in [6.45, 7) is 2.35. The van der Waals surface area contributed by atoms with Crippen LogP contribution in [0.25, 0.3) is 0 Å². The highest BCUT2D eigenvalue weighted by atomic mass is 16.7. The van der Waals surface area contributed by atoms with Gasteiger partial charge in [-0.3, -0.25) is 4.68 Å². The van der Waals surface area contributed by atoms with Crippen molar-refractivity contribution >= 4 is 0 Å². The highest BCUT2D eigenvalue weighted by Crippen LogP contribution is 2.37. The summed E-state index contributed by atoms with van der Waals surface area (Å²) in [4.78, 5) is 0. The van der Waals surface area contributed by atoms with Gasteiger partial charge in [-0.1, -0.05) is 0 Å². The normalized spacial score (nSPS) is 12.8. The number of phenols is 1. The average Bonchev–Trinajstić information content (AvgIpc) is 3.05. The van der Waals surface area contributed by atoms with Gasteiger partial charge in [0.2, 0.25) is 6.79 Å². The lowest BCUT2D eigenvalue weighted by molar-refractivity contribution is 0.174. The molecule has 0 aliphatic carbocycles. The summed E-state index contributed by atoms with van der Waals surface area (Å²) in [5, 5.41) is 17.2.